The zero-order chi connectivity index (χ0) is 11.5. The van der Waals surface area contributed by atoms with Crippen LogP contribution >= 0.6 is 0 Å². The first-order valence-corrected chi connectivity index (χ1v) is 6.52. The van der Waals surface area contributed by atoms with E-state index in [0.717, 1.165) is 12.1 Å². The third-order valence-corrected chi connectivity index (χ3v) is 3.62. The monoisotopic (exact) mass is 226 g/mol. The highest BCUT2D eigenvalue weighted by Crippen LogP contribution is 2.28. The number of nitrogens with zero attached hydrogens (tertiary/aromatic N) is 1. The Bertz CT molecular complexity index is 494. The van der Waals surface area contributed by atoms with Gasteiger partial charge < -0.3 is 5.32 Å². The molecule has 2 heteroatoms. The van der Waals surface area contributed by atoms with Gasteiger partial charge in [0.15, 0.2) is 0 Å². The molecule has 1 fully saturated rings. The van der Waals surface area contributed by atoms with E-state index in [0.29, 0.717) is 6.04 Å². The summed E-state index contributed by atoms with van der Waals surface area (Å²) < 4.78 is 0. The fourth-order valence-electron chi connectivity index (χ4n) is 2.73. The first-order valence-electron chi connectivity index (χ1n) is 6.52. The van der Waals surface area contributed by atoms with Crippen LogP contribution in [0.4, 0.5) is 0 Å². The van der Waals surface area contributed by atoms with Crippen molar-refractivity contribution in [2.75, 3.05) is 6.54 Å². The van der Waals surface area contributed by atoms with Crippen LogP contribution in [-0.2, 0) is 0 Å². The highest BCUT2D eigenvalue weighted by molar-refractivity contribution is 5.82. The largest absolute Gasteiger partial charge is 0.310 e. The molecule has 0 spiro atoms. The van der Waals surface area contributed by atoms with Crippen molar-refractivity contribution in [3.63, 3.8) is 0 Å². The molecule has 0 aliphatic carbocycles. The second-order valence-electron chi connectivity index (χ2n) is 4.77. The summed E-state index contributed by atoms with van der Waals surface area (Å²) >= 11 is 0. The van der Waals surface area contributed by atoms with Crippen molar-refractivity contribution in [3.8, 4) is 0 Å². The van der Waals surface area contributed by atoms with Gasteiger partial charge in [-0.1, -0.05) is 31.0 Å². The predicted molar refractivity (Wildman–Crippen MR) is 71.0 cm³/mol. The maximum atomic E-state index is 4.43. The lowest BCUT2D eigenvalue weighted by Crippen LogP contribution is -2.20. The molecule has 1 aliphatic rings. The molecule has 2 nitrogen and oxygen atoms in total. The minimum absolute atomic E-state index is 0.505. The van der Waals surface area contributed by atoms with Crippen molar-refractivity contribution < 1.29 is 0 Å². The molecule has 1 aromatic heterocycles. The lowest BCUT2D eigenvalue weighted by Gasteiger charge is -2.18. The Balaban J connectivity index is 2.03. The Morgan fingerprint density at radius 2 is 2.06 bits per heavy atom. The molecule has 0 bridgehead atoms. The molecule has 2 aromatic rings. The van der Waals surface area contributed by atoms with Crippen molar-refractivity contribution in [1.29, 1.82) is 0 Å². The smallest absolute Gasteiger partial charge is 0.0705 e. The molecular weight excluding hydrogens is 208 g/mol. The van der Waals surface area contributed by atoms with Gasteiger partial charge in [0.1, 0.15) is 0 Å². The third kappa shape index (κ3) is 2.18. The van der Waals surface area contributed by atoms with E-state index < -0.39 is 0 Å². The lowest BCUT2D eigenvalue weighted by atomic mass is 9.98. The average molecular weight is 226 g/mol. The lowest BCUT2D eigenvalue weighted by molar-refractivity contribution is 0.538. The van der Waals surface area contributed by atoms with Crippen LogP contribution in [0.2, 0.25) is 0 Å². The van der Waals surface area contributed by atoms with Gasteiger partial charge in [0, 0.05) is 17.6 Å². The van der Waals surface area contributed by atoms with Gasteiger partial charge in [0.2, 0.25) is 0 Å². The summed E-state index contributed by atoms with van der Waals surface area (Å²) in [6.45, 7) is 1.14. The van der Waals surface area contributed by atoms with Gasteiger partial charge >= 0.3 is 0 Å². The third-order valence-electron chi connectivity index (χ3n) is 3.62. The van der Waals surface area contributed by atoms with E-state index >= 15 is 0 Å². The van der Waals surface area contributed by atoms with E-state index in [2.05, 4.69) is 34.6 Å². The SMILES string of the molecule is c1cc([C@H]2CCCCCN2)c2cccnc2c1. The summed E-state index contributed by atoms with van der Waals surface area (Å²) in [7, 11) is 0. The normalized spacial score (nSPS) is 21.3. The Morgan fingerprint density at radius 3 is 3.06 bits per heavy atom. The fourth-order valence-corrected chi connectivity index (χ4v) is 2.73. The second kappa shape index (κ2) is 4.84. The van der Waals surface area contributed by atoms with Crippen molar-refractivity contribution in [1.82, 2.24) is 10.3 Å². The standard InChI is InChI=1S/C15H18N2/c1-2-8-14(16-10-3-1)12-6-4-9-15-13(12)7-5-11-17-15/h4-7,9,11,14,16H,1-3,8,10H2/t14-/m1/s1. The Kier molecular flexibility index (Phi) is 3.06. The van der Waals surface area contributed by atoms with Gasteiger partial charge in [-0.3, -0.25) is 4.98 Å². The van der Waals surface area contributed by atoms with Crippen LogP contribution in [0, 0.1) is 0 Å². The van der Waals surface area contributed by atoms with Crippen molar-refractivity contribution in [2.24, 2.45) is 0 Å². The van der Waals surface area contributed by atoms with Crippen LogP contribution in [-0.4, -0.2) is 11.5 Å². The van der Waals surface area contributed by atoms with Crippen molar-refractivity contribution >= 4 is 10.9 Å². The summed E-state index contributed by atoms with van der Waals surface area (Å²) in [5, 5.41) is 4.96. The van der Waals surface area contributed by atoms with Crippen LogP contribution in [0.15, 0.2) is 36.5 Å². The summed E-state index contributed by atoms with van der Waals surface area (Å²) in [5.41, 5.74) is 2.52. The molecule has 1 atom stereocenters. The van der Waals surface area contributed by atoms with Crippen LogP contribution < -0.4 is 5.32 Å². The number of hydrogen-bond donors (Lipinski definition) is 1. The highest BCUT2D eigenvalue weighted by Gasteiger charge is 2.15. The van der Waals surface area contributed by atoms with Gasteiger partial charge in [-0.2, -0.15) is 0 Å². The molecule has 2 heterocycles. The predicted octanol–water partition coefficient (Wildman–Crippen LogP) is 3.44. The van der Waals surface area contributed by atoms with Gasteiger partial charge in [-0.25, -0.2) is 0 Å². The summed E-state index contributed by atoms with van der Waals surface area (Å²) in [6, 6.07) is 11.2. The molecule has 1 aliphatic heterocycles. The Hall–Kier alpha value is -1.41. The maximum Gasteiger partial charge on any atom is 0.0705 e. The van der Waals surface area contributed by atoms with Gasteiger partial charge in [0.05, 0.1) is 5.52 Å². The second-order valence-corrected chi connectivity index (χ2v) is 4.77. The van der Waals surface area contributed by atoms with E-state index in [1.54, 1.807) is 0 Å². The molecular formula is C15H18N2. The van der Waals surface area contributed by atoms with Crippen LogP contribution in [0.25, 0.3) is 10.9 Å². The molecule has 0 saturated carbocycles. The fraction of sp³-hybridized carbons (Fsp3) is 0.400. The van der Waals surface area contributed by atoms with E-state index in [4.69, 9.17) is 0 Å². The summed E-state index contributed by atoms with van der Waals surface area (Å²) in [4.78, 5) is 4.43. The molecule has 0 unspecified atom stereocenters. The number of nitrogens with one attached hydrogen (secondary N) is 1. The van der Waals surface area contributed by atoms with Crippen LogP contribution in [0.5, 0.6) is 0 Å². The summed E-state index contributed by atoms with van der Waals surface area (Å²) in [6.07, 6.45) is 7.10. The van der Waals surface area contributed by atoms with Crippen molar-refractivity contribution in [3.05, 3.63) is 42.1 Å². The zero-order valence-corrected chi connectivity index (χ0v) is 10.0. The average Bonchev–Trinajstić information content (AvgIpc) is 2.67. The molecule has 88 valence electrons. The quantitative estimate of drug-likeness (QED) is 0.805. The molecule has 1 saturated heterocycles. The molecule has 17 heavy (non-hydrogen) atoms. The Morgan fingerprint density at radius 1 is 1.06 bits per heavy atom. The van der Waals surface area contributed by atoms with E-state index in [9.17, 15) is 0 Å². The molecule has 1 aromatic carbocycles. The van der Waals surface area contributed by atoms with Gasteiger partial charge in [-0.15, -0.1) is 0 Å². The summed E-state index contributed by atoms with van der Waals surface area (Å²) in [5.74, 6) is 0. The number of fused-ring (bicyclic) bond motifs is 1. The van der Waals surface area contributed by atoms with Crippen molar-refractivity contribution in [2.45, 2.75) is 31.7 Å². The number of benzene rings is 1. The molecule has 0 radical (unpaired) electrons. The van der Waals surface area contributed by atoms with Crippen LogP contribution in [0.3, 0.4) is 0 Å². The minimum Gasteiger partial charge on any atom is -0.310 e. The van der Waals surface area contributed by atoms with E-state index in [-0.39, 0.29) is 0 Å². The highest BCUT2D eigenvalue weighted by atomic mass is 14.9. The molecule has 1 N–H and O–H groups in total. The topological polar surface area (TPSA) is 24.9 Å². The Labute approximate surface area is 102 Å². The number of pyridine rings is 1. The molecule has 3 rings (SSSR count). The van der Waals surface area contributed by atoms with Gasteiger partial charge in [0.25, 0.3) is 0 Å². The molecule has 0 amide bonds. The number of hydrogen-bond acceptors (Lipinski definition) is 2. The van der Waals surface area contributed by atoms with E-state index in [1.165, 1.54) is 36.6 Å². The van der Waals surface area contributed by atoms with Crippen LogP contribution in [0.1, 0.15) is 37.3 Å². The number of aromatic nitrogens is 1. The first-order chi connectivity index (χ1) is 8.45. The zero-order valence-electron chi connectivity index (χ0n) is 10.0. The number of rotatable bonds is 1. The maximum absolute atomic E-state index is 4.43. The first kappa shape index (κ1) is 10.7. The van der Waals surface area contributed by atoms with E-state index in [1.807, 2.05) is 12.3 Å². The van der Waals surface area contributed by atoms with Gasteiger partial charge in [-0.05, 0) is 37.1 Å². The minimum atomic E-state index is 0.505.